The smallest absolute Gasteiger partial charge is 0.260 e. The summed E-state index contributed by atoms with van der Waals surface area (Å²) in [6.45, 7) is 3.86. The minimum atomic E-state index is -0.372. The molecule has 0 aliphatic carbocycles. The number of carbonyl (C=O) groups excluding carboxylic acids is 1. The zero-order valence-corrected chi connectivity index (χ0v) is 17.1. The van der Waals surface area contributed by atoms with Crippen molar-refractivity contribution in [3.05, 3.63) is 88.3 Å². The summed E-state index contributed by atoms with van der Waals surface area (Å²) in [4.78, 5) is 17.1. The Morgan fingerprint density at radius 3 is 2.67 bits per heavy atom. The molecular formula is C22H18ClFN4O2. The Labute approximate surface area is 177 Å². The van der Waals surface area contributed by atoms with Gasteiger partial charge in [-0.05, 0) is 49.7 Å². The Balaban J connectivity index is 1.55. The molecule has 4 rings (SSSR count). The number of anilines is 1. The van der Waals surface area contributed by atoms with Crippen molar-refractivity contribution in [1.29, 1.82) is 0 Å². The maximum Gasteiger partial charge on any atom is 0.260 e. The first kappa shape index (κ1) is 19.8. The first-order chi connectivity index (χ1) is 14.4. The van der Waals surface area contributed by atoms with Crippen LogP contribution in [0, 0.1) is 19.7 Å². The van der Waals surface area contributed by atoms with Crippen molar-refractivity contribution in [1.82, 2.24) is 14.8 Å². The van der Waals surface area contributed by atoms with Gasteiger partial charge in [-0.1, -0.05) is 29.8 Å². The number of oxazole rings is 1. The number of aromatic nitrogens is 3. The Bertz CT molecular complexity index is 1210. The molecule has 0 atom stereocenters. The standard InChI is InChI=1S/C22H18ClFN4O2/c1-13-11-25-22(30-13)16-4-3-5-18(10-16)26-21(29)19-14(2)27-28(20(19)23)12-15-6-8-17(24)9-7-15/h3-11H,12H2,1-2H3,(H,26,29). The van der Waals surface area contributed by atoms with E-state index in [0.717, 1.165) is 11.1 Å². The lowest BCUT2D eigenvalue weighted by Gasteiger charge is -2.07. The van der Waals surface area contributed by atoms with Gasteiger partial charge in [0.15, 0.2) is 0 Å². The van der Waals surface area contributed by atoms with Gasteiger partial charge < -0.3 is 9.73 Å². The second kappa shape index (κ2) is 8.12. The third-order valence-corrected chi connectivity index (χ3v) is 4.91. The third-order valence-electron chi connectivity index (χ3n) is 4.53. The van der Waals surface area contributed by atoms with Crippen molar-refractivity contribution in [2.75, 3.05) is 5.32 Å². The third kappa shape index (κ3) is 4.11. The van der Waals surface area contributed by atoms with Crippen LogP contribution in [0.2, 0.25) is 5.15 Å². The number of nitrogens with one attached hydrogen (secondary N) is 1. The number of hydrogen-bond acceptors (Lipinski definition) is 4. The molecule has 0 aliphatic rings. The van der Waals surface area contributed by atoms with Crippen molar-refractivity contribution in [2.24, 2.45) is 0 Å². The Kier molecular flexibility index (Phi) is 5.37. The van der Waals surface area contributed by atoms with Crippen LogP contribution in [0.15, 0.2) is 59.1 Å². The average molecular weight is 425 g/mol. The lowest BCUT2D eigenvalue weighted by atomic mass is 10.2. The van der Waals surface area contributed by atoms with Crippen molar-refractivity contribution in [2.45, 2.75) is 20.4 Å². The molecule has 0 saturated heterocycles. The molecule has 30 heavy (non-hydrogen) atoms. The second-order valence-corrected chi connectivity index (χ2v) is 7.20. The number of aryl methyl sites for hydroxylation is 2. The van der Waals surface area contributed by atoms with E-state index in [1.807, 2.05) is 13.0 Å². The van der Waals surface area contributed by atoms with Crippen LogP contribution in [-0.4, -0.2) is 20.7 Å². The average Bonchev–Trinajstić information content (AvgIpc) is 3.27. The molecule has 0 fully saturated rings. The summed E-state index contributed by atoms with van der Waals surface area (Å²) in [6, 6.07) is 13.2. The highest BCUT2D eigenvalue weighted by Gasteiger charge is 2.21. The van der Waals surface area contributed by atoms with E-state index >= 15 is 0 Å². The van der Waals surface area contributed by atoms with Crippen molar-refractivity contribution < 1.29 is 13.6 Å². The molecule has 152 valence electrons. The highest BCUT2D eigenvalue weighted by atomic mass is 35.5. The number of amides is 1. The summed E-state index contributed by atoms with van der Waals surface area (Å²) < 4.78 is 20.2. The lowest BCUT2D eigenvalue weighted by Crippen LogP contribution is -2.13. The molecule has 2 heterocycles. The molecule has 6 nitrogen and oxygen atoms in total. The van der Waals surface area contributed by atoms with Gasteiger partial charge in [0.05, 0.1) is 24.0 Å². The Morgan fingerprint density at radius 1 is 1.20 bits per heavy atom. The van der Waals surface area contributed by atoms with E-state index < -0.39 is 0 Å². The van der Waals surface area contributed by atoms with Crippen molar-refractivity contribution in [3.8, 4) is 11.5 Å². The van der Waals surface area contributed by atoms with Crippen LogP contribution < -0.4 is 5.32 Å². The van der Waals surface area contributed by atoms with E-state index in [2.05, 4.69) is 15.4 Å². The van der Waals surface area contributed by atoms with E-state index in [1.165, 1.54) is 16.8 Å². The van der Waals surface area contributed by atoms with E-state index in [1.54, 1.807) is 43.5 Å². The molecule has 0 saturated carbocycles. The van der Waals surface area contributed by atoms with Crippen LogP contribution in [0.4, 0.5) is 10.1 Å². The van der Waals surface area contributed by atoms with Crippen LogP contribution in [0.1, 0.15) is 27.4 Å². The number of hydrogen-bond donors (Lipinski definition) is 1. The molecule has 0 bridgehead atoms. The zero-order chi connectivity index (χ0) is 21.3. The first-order valence-corrected chi connectivity index (χ1v) is 9.60. The highest BCUT2D eigenvalue weighted by Crippen LogP contribution is 2.25. The minimum absolute atomic E-state index is 0.216. The van der Waals surface area contributed by atoms with E-state index in [9.17, 15) is 9.18 Å². The SMILES string of the molecule is Cc1cnc(-c2cccc(NC(=O)c3c(C)nn(Cc4ccc(F)cc4)c3Cl)c2)o1. The number of benzene rings is 2. The van der Waals surface area contributed by atoms with Crippen LogP contribution in [0.3, 0.4) is 0 Å². The summed E-state index contributed by atoms with van der Waals surface area (Å²) in [6.07, 6.45) is 1.64. The van der Waals surface area contributed by atoms with Crippen molar-refractivity contribution >= 4 is 23.2 Å². The molecule has 0 spiro atoms. The molecule has 1 amide bonds. The molecule has 0 unspecified atom stereocenters. The normalized spacial score (nSPS) is 10.9. The highest BCUT2D eigenvalue weighted by molar-refractivity contribution is 6.33. The van der Waals surface area contributed by atoms with Crippen molar-refractivity contribution in [3.63, 3.8) is 0 Å². The fourth-order valence-electron chi connectivity index (χ4n) is 3.09. The lowest BCUT2D eigenvalue weighted by molar-refractivity contribution is 0.102. The number of carbonyl (C=O) groups is 1. The summed E-state index contributed by atoms with van der Waals surface area (Å²) >= 11 is 6.44. The zero-order valence-electron chi connectivity index (χ0n) is 16.3. The second-order valence-electron chi connectivity index (χ2n) is 6.85. The molecule has 8 heteroatoms. The Morgan fingerprint density at radius 2 is 1.97 bits per heavy atom. The van der Waals surface area contributed by atoms with Crippen LogP contribution >= 0.6 is 11.6 Å². The topological polar surface area (TPSA) is 73.0 Å². The first-order valence-electron chi connectivity index (χ1n) is 9.22. The summed E-state index contributed by atoms with van der Waals surface area (Å²) in [7, 11) is 0. The molecule has 0 radical (unpaired) electrons. The van der Waals surface area contributed by atoms with Gasteiger partial charge in [-0.15, -0.1) is 0 Å². The van der Waals surface area contributed by atoms with Gasteiger partial charge in [-0.2, -0.15) is 5.10 Å². The predicted octanol–water partition coefficient (Wildman–Crippen LogP) is 5.25. The fraction of sp³-hybridized carbons (Fsp3) is 0.136. The number of rotatable bonds is 5. The van der Waals surface area contributed by atoms with Gasteiger partial charge in [-0.3, -0.25) is 4.79 Å². The number of halogens is 2. The largest absolute Gasteiger partial charge is 0.441 e. The van der Waals surface area contributed by atoms with Crippen LogP contribution in [-0.2, 0) is 6.54 Å². The van der Waals surface area contributed by atoms with Crippen LogP contribution in [0.25, 0.3) is 11.5 Å². The molecular weight excluding hydrogens is 407 g/mol. The summed E-state index contributed by atoms with van der Waals surface area (Å²) in [5, 5.41) is 7.43. The van der Waals surface area contributed by atoms with Gasteiger partial charge in [0.25, 0.3) is 5.91 Å². The van der Waals surface area contributed by atoms with Gasteiger partial charge >= 0.3 is 0 Å². The molecule has 1 N–H and O–H groups in total. The minimum Gasteiger partial charge on any atom is -0.441 e. The van der Waals surface area contributed by atoms with Gasteiger partial charge in [0.1, 0.15) is 16.7 Å². The van der Waals surface area contributed by atoms with E-state index in [-0.39, 0.29) is 22.4 Å². The summed E-state index contributed by atoms with van der Waals surface area (Å²) in [5.74, 6) is 0.493. The monoisotopic (exact) mass is 424 g/mol. The number of nitrogens with zero attached hydrogens (tertiary/aromatic N) is 3. The summed E-state index contributed by atoms with van der Waals surface area (Å²) in [5.41, 5.74) is 2.93. The van der Waals surface area contributed by atoms with Gasteiger partial charge in [-0.25, -0.2) is 14.1 Å². The molecule has 2 aromatic heterocycles. The Hall–Kier alpha value is -3.45. The van der Waals surface area contributed by atoms with E-state index in [4.69, 9.17) is 16.0 Å². The maximum absolute atomic E-state index is 13.1. The van der Waals surface area contributed by atoms with Gasteiger partial charge in [0.2, 0.25) is 5.89 Å². The fourth-order valence-corrected chi connectivity index (χ4v) is 3.41. The molecule has 2 aromatic carbocycles. The van der Waals surface area contributed by atoms with Gasteiger partial charge in [0, 0.05) is 11.3 Å². The molecule has 0 aliphatic heterocycles. The van der Waals surface area contributed by atoms with E-state index in [0.29, 0.717) is 29.6 Å². The maximum atomic E-state index is 13.1. The quantitative estimate of drug-likeness (QED) is 0.475. The predicted molar refractivity (Wildman–Crippen MR) is 112 cm³/mol. The van der Waals surface area contributed by atoms with Crippen LogP contribution in [0.5, 0.6) is 0 Å². The molecule has 4 aromatic rings.